The molecule has 4 heteroatoms. The van der Waals surface area contributed by atoms with E-state index < -0.39 is 0 Å². The van der Waals surface area contributed by atoms with Crippen LogP contribution in [-0.4, -0.2) is 13.0 Å². The van der Waals surface area contributed by atoms with Gasteiger partial charge in [-0.2, -0.15) is 0 Å². The van der Waals surface area contributed by atoms with Crippen molar-refractivity contribution in [2.45, 2.75) is 31.7 Å². The van der Waals surface area contributed by atoms with E-state index in [1.807, 2.05) is 13.1 Å². The number of amides is 1. The highest BCUT2D eigenvalue weighted by atomic mass is 35.5. The van der Waals surface area contributed by atoms with Crippen molar-refractivity contribution < 1.29 is 4.79 Å². The van der Waals surface area contributed by atoms with Gasteiger partial charge in [0.05, 0.1) is 6.42 Å². The number of rotatable bonds is 3. The molecule has 2 N–H and O–H groups in total. The van der Waals surface area contributed by atoms with E-state index >= 15 is 0 Å². The highest BCUT2D eigenvalue weighted by Gasteiger charge is 2.56. The van der Waals surface area contributed by atoms with Crippen LogP contribution in [0.4, 0.5) is 5.69 Å². The summed E-state index contributed by atoms with van der Waals surface area (Å²) < 4.78 is 0. The van der Waals surface area contributed by atoms with Gasteiger partial charge in [0.1, 0.15) is 0 Å². The summed E-state index contributed by atoms with van der Waals surface area (Å²) in [5.74, 6) is 2.57. The molecule has 20 heavy (non-hydrogen) atoms. The van der Waals surface area contributed by atoms with Crippen molar-refractivity contribution in [3.63, 3.8) is 0 Å². The van der Waals surface area contributed by atoms with Crippen molar-refractivity contribution in [2.75, 3.05) is 12.4 Å². The maximum absolute atomic E-state index is 11.5. The van der Waals surface area contributed by atoms with Crippen LogP contribution in [0.25, 0.3) is 0 Å². The van der Waals surface area contributed by atoms with Gasteiger partial charge in [0, 0.05) is 16.8 Å². The molecule has 3 nitrogen and oxygen atoms in total. The van der Waals surface area contributed by atoms with Crippen LogP contribution < -0.4 is 10.6 Å². The van der Waals surface area contributed by atoms with E-state index in [1.165, 1.54) is 24.8 Å². The van der Waals surface area contributed by atoms with Gasteiger partial charge in [-0.25, -0.2) is 0 Å². The molecule has 1 aromatic rings. The van der Waals surface area contributed by atoms with Crippen LogP contribution in [-0.2, 0) is 11.2 Å². The van der Waals surface area contributed by atoms with Gasteiger partial charge in [0.25, 0.3) is 0 Å². The average molecular weight is 291 g/mol. The smallest absolute Gasteiger partial charge is 0.228 e. The number of nitrogens with one attached hydrogen (secondary N) is 2. The zero-order chi connectivity index (χ0) is 13.9. The Morgan fingerprint density at radius 2 is 2.10 bits per heavy atom. The maximum atomic E-state index is 11.5. The van der Waals surface area contributed by atoms with Crippen molar-refractivity contribution in [3.8, 4) is 0 Å². The Bertz CT molecular complexity index is 576. The fourth-order valence-corrected chi connectivity index (χ4v) is 4.71. The van der Waals surface area contributed by atoms with Crippen LogP contribution in [0.1, 0.15) is 36.4 Å². The minimum absolute atomic E-state index is 0.0671. The molecule has 1 amide bonds. The molecule has 0 spiro atoms. The Kier molecular flexibility index (Phi) is 2.83. The number of benzene rings is 1. The summed E-state index contributed by atoms with van der Waals surface area (Å²) >= 11 is 6.47. The quantitative estimate of drug-likeness (QED) is 0.898. The number of halogens is 1. The van der Waals surface area contributed by atoms with Crippen LogP contribution in [0.5, 0.6) is 0 Å². The highest BCUT2D eigenvalue weighted by Crippen LogP contribution is 2.62. The van der Waals surface area contributed by atoms with Crippen molar-refractivity contribution in [3.05, 3.63) is 28.3 Å². The van der Waals surface area contributed by atoms with Gasteiger partial charge in [0.2, 0.25) is 5.91 Å². The van der Waals surface area contributed by atoms with E-state index in [2.05, 4.69) is 16.7 Å². The molecule has 0 bridgehead atoms. The molecule has 2 saturated carbocycles. The fourth-order valence-electron chi connectivity index (χ4n) is 4.43. The molecular formula is C16H19ClN2O. The van der Waals surface area contributed by atoms with Gasteiger partial charge in [-0.05, 0) is 54.8 Å². The predicted octanol–water partition coefficient (Wildman–Crippen LogP) is 3.14. The molecule has 3 aliphatic rings. The third-order valence-corrected chi connectivity index (χ3v) is 5.68. The maximum Gasteiger partial charge on any atom is 0.228 e. The van der Waals surface area contributed by atoms with E-state index in [9.17, 15) is 4.79 Å². The number of carbonyl (C=O) groups is 1. The Morgan fingerprint density at radius 1 is 1.35 bits per heavy atom. The van der Waals surface area contributed by atoms with Crippen LogP contribution in [0, 0.1) is 17.8 Å². The lowest BCUT2D eigenvalue weighted by molar-refractivity contribution is -0.115. The molecule has 1 aliphatic heterocycles. The molecule has 3 unspecified atom stereocenters. The van der Waals surface area contributed by atoms with E-state index in [4.69, 9.17) is 11.6 Å². The number of hydrogen-bond donors (Lipinski definition) is 2. The largest absolute Gasteiger partial charge is 0.325 e. The SMILES string of the molecule is CNC(c1cc2c(cc1Cl)NC(=O)C2)C1C2CCCC21. The number of carbonyl (C=O) groups excluding carboxylic acids is 1. The average Bonchev–Trinajstić information content (AvgIpc) is 2.76. The minimum Gasteiger partial charge on any atom is -0.325 e. The normalized spacial score (nSPS) is 31.7. The van der Waals surface area contributed by atoms with Crippen molar-refractivity contribution in [2.24, 2.45) is 17.8 Å². The lowest BCUT2D eigenvalue weighted by Crippen LogP contribution is -2.21. The van der Waals surface area contributed by atoms with Crippen molar-refractivity contribution in [1.29, 1.82) is 0 Å². The molecule has 0 radical (unpaired) electrons. The van der Waals surface area contributed by atoms with Crippen molar-refractivity contribution >= 4 is 23.2 Å². The van der Waals surface area contributed by atoms with Gasteiger partial charge in [0.15, 0.2) is 0 Å². The molecule has 3 atom stereocenters. The topological polar surface area (TPSA) is 41.1 Å². The molecule has 2 fully saturated rings. The molecule has 106 valence electrons. The molecule has 1 heterocycles. The first-order valence-electron chi connectivity index (χ1n) is 7.48. The van der Waals surface area contributed by atoms with Crippen LogP contribution in [0.2, 0.25) is 5.02 Å². The van der Waals surface area contributed by atoms with Gasteiger partial charge < -0.3 is 10.6 Å². The highest BCUT2D eigenvalue weighted by molar-refractivity contribution is 6.32. The van der Waals surface area contributed by atoms with Crippen LogP contribution in [0.15, 0.2) is 12.1 Å². The second-order valence-electron chi connectivity index (χ2n) is 6.36. The molecule has 0 saturated heterocycles. The fraction of sp³-hybridized carbons (Fsp3) is 0.562. The number of anilines is 1. The van der Waals surface area contributed by atoms with E-state index in [0.717, 1.165) is 34.0 Å². The third kappa shape index (κ3) is 1.80. The van der Waals surface area contributed by atoms with Crippen molar-refractivity contribution in [1.82, 2.24) is 5.32 Å². The standard InChI is InChI=1S/C16H19ClN2O/c1-18-16(15-9-3-2-4-10(9)15)11-5-8-6-14(20)19-13(8)7-12(11)17/h5,7,9-10,15-16,18H,2-4,6H2,1H3,(H,19,20). The number of hydrogen-bond acceptors (Lipinski definition) is 2. The molecule has 4 rings (SSSR count). The summed E-state index contributed by atoms with van der Waals surface area (Å²) in [4.78, 5) is 11.5. The van der Waals surface area contributed by atoms with E-state index in [1.54, 1.807) is 0 Å². The summed E-state index contributed by atoms with van der Waals surface area (Å²) in [7, 11) is 2.02. The second-order valence-corrected chi connectivity index (χ2v) is 6.77. The molecular weight excluding hydrogens is 272 g/mol. The van der Waals surface area contributed by atoms with Gasteiger partial charge in [-0.1, -0.05) is 24.1 Å². The Labute approximate surface area is 124 Å². The Hall–Kier alpha value is -1.06. The summed E-state index contributed by atoms with van der Waals surface area (Å²) in [5, 5.41) is 7.10. The van der Waals surface area contributed by atoms with E-state index in [-0.39, 0.29) is 5.91 Å². The summed E-state index contributed by atoms with van der Waals surface area (Å²) in [6.45, 7) is 0. The summed E-state index contributed by atoms with van der Waals surface area (Å²) in [6, 6.07) is 4.38. The van der Waals surface area contributed by atoms with E-state index in [0.29, 0.717) is 12.5 Å². The molecule has 0 aromatic heterocycles. The lowest BCUT2D eigenvalue weighted by Gasteiger charge is -2.21. The zero-order valence-corrected chi connectivity index (χ0v) is 12.3. The lowest BCUT2D eigenvalue weighted by atomic mass is 9.95. The van der Waals surface area contributed by atoms with Crippen LogP contribution >= 0.6 is 11.6 Å². The van der Waals surface area contributed by atoms with Crippen LogP contribution in [0.3, 0.4) is 0 Å². The zero-order valence-electron chi connectivity index (χ0n) is 11.6. The first-order valence-corrected chi connectivity index (χ1v) is 7.86. The van der Waals surface area contributed by atoms with Gasteiger partial charge >= 0.3 is 0 Å². The first-order chi connectivity index (χ1) is 9.69. The Morgan fingerprint density at radius 3 is 2.80 bits per heavy atom. The minimum atomic E-state index is 0.0671. The second kappa shape index (κ2) is 4.47. The Balaban J connectivity index is 1.67. The van der Waals surface area contributed by atoms with Gasteiger partial charge in [-0.3, -0.25) is 4.79 Å². The summed E-state index contributed by atoms with van der Waals surface area (Å²) in [6.07, 6.45) is 4.61. The summed E-state index contributed by atoms with van der Waals surface area (Å²) in [5.41, 5.74) is 3.14. The first kappa shape index (κ1) is 12.7. The molecule has 1 aromatic carbocycles. The predicted molar refractivity (Wildman–Crippen MR) is 79.9 cm³/mol. The van der Waals surface area contributed by atoms with Gasteiger partial charge in [-0.15, -0.1) is 0 Å². The number of fused-ring (bicyclic) bond motifs is 2. The monoisotopic (exact) mass is 290 g/mol. The molecule has 2 aliphatic carbocycles. The third-order valence-electron chi connectivity index (χ3n) is 5.35.